The third-order valence-electron chi connectivity index (χ3n) is 2.56. The molecule has 1 fully saturated rings. The van der Waals surface area contributed by atoms with Crippen molar-refractivity contribution in [1.29, 1.82) is 0 Å². The number of nitrogens with one attached hydrogen (secondary N) is 2. The topological polar surface area (TPSA) is 41.1 Å². The van der Waals surface area contributed by atoms with Crippen LogP contribution < -0.4 is 10.6 Å². The maximum atomic E-state index is 11.9. The van der Waals surface area contributed by atoms with Crippen molar-refractivity contribution in [2.75, 3.05) is 16.9 Å². The molecule has 3 nitrogen and oxygen atoms in total. The van der Waals surface area contributed by atoms with Crippen LogP contribution in [0.15, 0.2) is 22.7 Å². The predicted octanol–water partition coefficient (Wildman–Crippen LogP) is 2.78. The minimum absolute atomic E-state index is 0. The van der Waals surface area contributed by atoms with Crippen LogP contribution in [0.4, 0.5) is 5.69 Å². The zero-order valence-corrected chi connectivity index (χ0v) is 12.5. The molecule has 1 heterocycles. The number of halogens is 2. The van der Waals surface area contributed by atoms with Crippen molar-refractivity contribution in [3.63, 3.8) is 0 Å². The Morgan fingerprint density at radius 2 is 2.35 bits per heavy atom. The average Bonchev–Trinajstić information content (AvgIpc) is 2.78. The summed E-state index contributed by atoms with van der Waals surface area (Å²) in [5, 5.41) is 6.10. The Morgan fingerprint density at radius 1 is 1.59 bits per heavy atom. The maximum absolute atomic E-state index is 11.9. The molecule has 0 radical (unpaired) electrons. The fourth-order valence-corrected chi connectivity index (χ4v) is 2.83. The van der Waals surface area contributed by atoms with Gasteiger partial charge in [0.05, 0.1) is 6.04 Å². The van der Waals surface area contributed by atoms with Crippen LogP contribution in [0.1, 0.15) is 5.56 Å². The summed E-state index contributed by atoms with van der Waals surface area (Å²) in [6.07, 6.45) is 0. The van der Waals surface area contributed by atoms with Gasteiger partial charge in [0.15, 0.2) is 0 Å². The lowest BCUT2D eigenvalue weighted by Crippen LogP contribution is -2.37. The highest BCUT2D eigenvalue weighted by Crippen LogP contribution is 2.24. The molecule has 2 N–H and O–H groups in total. The zero-order chi connectivity index (χ0) is 11.5. The van der Waals surface area contributed by atoms with E-state index in [0.717, 1.165) is 27.4 Å². The van der Waals surface area contributed by atoms with Gasteiger partial charge in [0.25, 0.3) is 0 Å². The van der Waals surface area contributed by atoms with E-state index in [1.54, 1.807) is 11.8 Å². The minimum atomic E-state index is -0.0663. The fourth-order valence-electron chi connectivity index (χ4n) is 1.53. The van der Waals surface area contributed by atoms with E-state index in [9.17, 15) is 4.79 Å². The van der Waals surface area contributed by atoms with Crippen molar-refractivity contribution in [1.82, 2.24) is 5.32 Å². The average molecular weight is 338 g/mol. The Kier molecular flexibility index (Phi) is 5.79. The van der Waals surface area contributed by atoms with Crippen molar-refractivity contribution in [3.8, 4) is 0 Å². The summed E-state index contributed by atoms with van der Waals surface area (Å²) in [7, 11) is 0. The third kappa shape index (κ3) is 3.61. The van der Waals surface area contributed by atoms with Gasteiger partial charge in [-0.1, -0.05) is 22.0 Å². The Labute approximate surface area is 120 Å². The molecule has 1 aliphatic heterocycles. The van der Waals surface area contributed by atoms with E-state index in [1.807, 2.05) is 25.1 Å². The van der Waals surface area contributed by atoms with E-state index in [4.69, 9.17) is 0 Å². The van der Waals surface area contributed by atoms with E-state index in [-0.39, 0.29) is 24.4 Å². The monoisotopic (exact) mass is 336 g/mol. The smallest absolute Gasteiger partial charge is 0.242 e. The number of benzene rings is 1. The molecule has 1 aliphatic rings. The van der Waals surface area contributed by atoms with Gasteiger partial charge in [-0.05, 0) is 24.6 Å². The van der Waals surface area contributed by atoms with Crippen molar-refractivity contribution in [2.24, 2.45) is 0 Å². The van der Waals surface area contributed by atoms with E-state index in [1.165, 1.54) is 0 Å². The molecule has 0 aliphatic carbocycles. The fraction of sp³-hybridized carbons (Fsp3) is 0.364. The number of hydrogen-bond acceptors (Lipinski definition) is 3. The van der Waals surface area contributed by atoms with Gasteiger partial charge in [-0.25, -0.2) is 0 Å². The lowest BCUT2D eigenvalue weighted by atomic mass is 10.2. The molecule has 0 spiro atoms. The van der Waals surface area contributed by atoms with Crippen molar-refractivity contribution in [2.45, 2.75) is 13.0 Å². The molecule has 1 unspecified atom stereocenters. The second-order valence-electron chi connectivity index (χ2n) is 3.67. The minimum Gasteiger partial charge on any atom is -0.324 e. The summed E-state index contributed by atoms with van der Waals surface area (Å²) in [6.45, 7) is 1.98. The van der Waals surface area contributed by atoms with E-state index in [2.05, 4.69) is 26.6 Å². The van der Waals surface area contributed by atoms with Gasteiger partial charge in [-0.15, -0.1) is 24.2 Å². The molecule has 2 rings (SSSR count). The van der Waals surface area contributed by atoms with Crippen molar-refractivity contribution >= 4 is 51.7 Å². The van der Waals surface area contributed by atoms with Crippen LogP contribution in [0.25, 0.3) is 0 Å². The van der Waals surface area contributed by atoms with Crippen molar-refractivity contribution < 1.29 is 4.79 Å². The molecule has 1 aromatic rings. The molecule has 17 heavy (non-hydrogen) atoms. The number of thioether (sulfide) groups is 1. The van der Waals surface area contributed by atoms with Gasteiger partial charge < -0.3 is 5.32 Å². The summed E-state index contributed by atoms with van der Waals surface area (Å²) in [5.74, 6) is 1.75. The number of hydrogen-bond donors (Lipinski definition) is 2. The summed E-state index contributed by atoms with van der Waals surface area (Å²) in [5.41, 5.74) is 1.93. The number of anilines is 1. The first kappa shape index (κ1) is 14.8. The highest BCUT2D eigenvalue weighted by atomic mass is 79.9. The van der Waals surface area contributed by atoms with Gasteiger partial charge in [0, 0.05) is 21.8 Å². The molecule has 0 saturated carbocycles. The third-order valence-corrected chi connectivity index (χ3v) is 4.36. The highest BCUT2D eigenvalue weighted by Gasteiger charge is 2.22. The van der Waals surface area contributed by atoms with Crippen LogP contribution in [0, 0.1) is 6.92 Å². The van der Waals surface area contributed by atoms with Gasteiger partial charge in [-0.3, -0.25) is 10.1 Å². The Hall–Kier alpha value is -0.230. The van der Waals surface area contributed by atoms with E-state index < -0.39 is 0 Å². The predicted molar refractivity (Wildman–Crippen MR) is 79.0 cm³/mol. The van der Waals surface area contributed by atoms with E-state index >= 15 is 0 Å². The lowest BCUT2D eigenvalue weighted by molar-refractivity contribution is -0.117. The normalized spacial score (nSPS) is 18.6. The molecule has 1 amide bonds. The molecule has 0 aromatic heterocycles. The standard InChI is InChI=1S/C11H13BrN2OS.ClH/c1-7-8(12)3-2-4-9(7)14-11(15)10-5-16-6-13-10;/h2-4,10,13H,5-6H2,1H3,(H,14,15);1H. The van der Waals surface area contributed by atoms with Gasteiger partial charge in [0.1, 0.15) is 0 Å². The summed E-state index contributed by atoms with van der Waals surface area (Å²) < 4.78 is 1.01. The highest BCUT2D eigenvalue weighted by molar-refractivity contribution is 9.10. The first-order valence-electron chi connectivity index (χ1n) is 5.05. The zero-order valence-electron chi connectivity index (χ0n) is 9.33. The largest absolute Gasteiger partial charge is 0.324 e. The van der Waals surface area contributed by atoms with Crippen molar-refractivity contribution in [3.05, 3.63) is 28.2 Å². The molecular weight excluding hydrogens is 324 g/mol. The molecule has 0 bridgehead atoms. The quantitative estimate of drug-likeness (QED) is 0.872. The van der Waals surface area contributed by atoms with Crippen LogP contribution >= 0.6 is 40.1 Å². The maximum Gasteiger partial charge on any atom is 0.242 e. The van der Waals surface area contributed by atoms with Crippen LogP contribution in [0.3, 0.4) is 0 Å². The first-order valence-corrected chi connectivity index (χ1v) is 7.00. The molecular formula is C11H14BrClN2OS. The second-order valence-corrected chi connectivity index (χ2v) is 5.56. The number of carbonyl (C=O) groups is 1. The van der Waals surface area contributed by atoms with Crippen LogP contribution in [0.5, 0.6) is 0 Å². The SMILES string of the molecule is Cc1c(Br)cccc1NC(=O)C1CSCN1.Cl. The molecule has 6 heteroatoms. The van der Waals surface area contributed by atoms with Gasteiger partial charge in [0.2, 0.25) is 5.91 Å². The summed E-state index contributed by atoms with van der Waals surface area (Å²) in [6, 6.07) is 5.74. The van der Waals surface area contributed by atoms with Gasteiger partial charge >= 0.3 is 0 Å². The number of carbonyl (C=O) groups excluding carboxylic acids is 1. The molecule has 94 valence electrons. The Bertz CT molecular complexity index is 410. The van der Waals surface area contributed by atoms with Crippen LogP contribution in [-0.2, 0) is 4.79 Å². The Morgan fingerprint density at radius 3 is 3.00 bits per heavy atom. The van der Waals surface area contributed by atoms with Crippen LogP contribution in [-0.4, -0.2) is 23.6 Å². The molecule has 1 aromatic carbocycles. The van der Waals surface area contributed by atoms with Gasteiger partial charge in [-0.2, -0.15) is 0 Å². The molecule has 1 saturated heterocycles. The number of amides is 1. The lowest BCUT2D eigenvalue weighted by Gasteiger charge is -2.13. The number of rotatable bonds is 2. The van der Waals surface area contributed by atoms with Crippen LogP contribution in [0.2, 0.25) is 0 Å². The summed E-state index contributed by atoms with van der Waals surface area (Å²) in [4.78, 5) is 11.9. The summed E-state index contributed by atoms with van der Waals surface area (Å²) >= 11 is 5.20. The second kappa shape index (κ2) is 6.64. The first-order chi connectivity index (χ1) is 7.68. The Balaban J connectivity index is 0.00000144. The molecule has 1 atom stereocenters. The van der Waals surface area contributed by atoms with E-state index in [0.29, 0.717) is 0 Å².